The molecule has 1 aromatic carbocycles. The highest BCUT2D eigenvalue weighted by molar-refractivity contribution is 5.21. The van der Waals surface area contributed by atoms with E-state index in [4.69, 9.17) is 0 Å². The van der Waals surface area contributed by atoms with E-state index in [0.29, 0.717) is 12.0 Å². The van der Waals surface area contributed by atoms with Crippen LogP contribution in [0.3, 0.4) is 0 Å². The minimum absolute atomic E-state index is 0.119. The summed E-state index contributed by atoms with van der Waals surface area (Å²) in [5, 5.41) is 3.66. The molecule has 1 aromatic rings. The minimum Gasteiger partial charge on any atom is -0.310 e. The van der Waals surface area contributed by atoms with Crippen LogP contribution in [-0.2, 0) is 0 Å². The molecule has 0 radical (unpaired) electrons. The van der Waals surface area contributed by atoms with Gasteiger partial charge in [-0.1, -0.05) is 32.9 Å². The van der Waals surface area contributed by atoms with Gasteiger partial charge < -0.3 is 5.32 Å². The van der Waals surface area contributed by atoms with Crippen molar-refractivity contribution in [3.8, 4) is 0 Å². The van der Waals surface area contributed by atoms with Crippen LogP contribution < -0.4 is 5.32 Å². The molecule has 1 N–H and O–H groups in total. The molecule has 1 aliphatic carbocycles. The Balaban J connectivity index is 2.06. The molecule has 0 aliphatic heterocycles. The smallest absolute Gasteiger partial charge is 0.123 e. The first-order chi connectivity index (χ1) is 10.1. The summed E-state index contributed by atoms with van der Waals surface area (Å²) < 4.78 is 13.6. The first-order valence-corrected chi connectivity index (χ1v) is 8.60. The van der Waals surface area contributed by atoms with Crippen LogP contribution >= 0.6 is 0 Å². The van der Waals surface area contributed by atoms with Gasteiger partial charge in [0.2, 0.25) is 0 Å². The molecule has 0 aromatic heterocycles. The average molecular weight is 291 g/mol. The zero-order chi connectivity index (χ0) is 15.2. The van der Waals surface area contributed by atoms with Crippen molar-refractivity contribution in [3.63, 3.8) is 0 Å². The van der Waals surface area contributed by atoms with Gasteiger partial charge in [-0.15, -0.1) is 0 Å². The fourth-order valence-corrected chi connectivity index (χ4v) is 3.70. The second-order valence-electron chi connectivity index (χ2n) is 6.91. The van der Waals surface area contributed by atoms with Crippen LogP contribution in [-0.4, -0.2) is 6.54 Å². The molecule has 0 saturated heterocycles. The number of halogens is 1. The molecular weight excluding hydrogens is 261 g/mol. The quantitative estimate of drug-likeness (QED) is 0.747. The normalized spacial score (nSPS) is 24.2. The molecule has 118 valence electrons. The number of hydrogen-bond donors (Lipinski definition) is 1. The highest BCUT2D eigenvalue weighted by Gasteiger charge is 2.29. The molecule has 1 nitrogen and oxygen atoms in total. The molecule has 0 bridgehead atoms. The van der Waals surface area contributed by atoms with E-state index in [9.17, 15) is 4.39 Å². The number of rotatable bonds is 6. The molecule has 0 heterocycles. The standard InChI is InChI=1S/C19H30FN/c1-4-12-21-19(17-6-5-7-18(20)13-17)16-10-8-15(9-11-16)14(2)3/h5-7,13-16,19,21H,4,8-12H2,1-3H3. The Morgan fingerprint density at radius 3 is 2.38 bits per heavy atom. The van der Waals surface area contributed by atoms with Gasteiger partial charge in [0.1, 0.15) is 5.82 Å². The van der Waals surface area contributed by atoms with Crippen molar-refractivity contribution in [2.24, 2.45) is 17.8 Å². The SMILES string of the molecule is CCCNC(c1cccc(F)c1)C1CCC(C(C)C)CC1. The number of benzene rings is 1. The van der Waals surface area contributed by atoms with E-state index in [1.165, 1.54) is 31.7 Å². The van der Waals surface area contributed by atoms with Crippen LogP contribution in [0.5, 0.6) is 0 Å². The highest BCUT2D eigenvalue weighted by Crippen LogP contribution is 2.39. The molecule has 1 fully saturated rings. The van der Waals surface area contributed by atoms with Gasteiger partial charge >= 0.3 is 0 Å². The maximum absolute atomic E-state index is 13.6. The number of hydrogen-bond acceptors (Lipinski definition) is 1. The molecule has 0 amide bonds. The van der Waals surface area contributed by atoms with Gasteiger partial charge in [-0.3, -0.25) is 0 Å². The molecule has 21 heavy (non-hydrogen) atoms. The lowest BCUT2D eigenvalue weighted by Gasteiger charge is -2.36. The molecule has 2 rings (SSSR count). The second kappa shape index (κ2) is 7.93. The van der Waals surface area contributed by atoms with E-state index in [-0.39, 0.29) is 5.82 Å². The molecule has 0 spiro atoms. The van der Waals surface area contributed by atoms with Gasteiger partial charge in [-0.2, -0.15) is 0 Å². The zero-order valence-corrected chi connectivity index (χ0v) is 13.7. The summed E-state index contributed by atoms with van der Waals surface area (Å²) in [4.78, 5) is 0. The Bertz CT molecular complexity index is 421. The lowest BCUT2D eigenvalue weighted by atomic mass is 9.73. The van der Waals surface area contributed by atoms with E-state index < -0.39 is 0 Å². The van der Waals surface area contributed by atoms with Crippen molar-refractivity contribution in [2.45, 2.75) is 58.9 Å². The Kier molecular flexibility index (Phi) is 6.22. The van der Waals surface area contributed by atoms with E-state index in [0.717, 1.165) is 30.4 Å². The molecule has 1 unspecified atom stereocenters. The van der Waals surface area contributed by atoms with Gasteiger partial charge in [0.05, 0.1) is 0 Å². The molecule has 2 heteroatoms. The van der Waals surface area contributed by atoms with Crippen LogP contribution in [0.15, 0.2) is 24.3 Å². The highest BCUT2D eigenvalue weighted by atomic mass is 19.1. The Hall–Kier alpha value is -0.890. The van der Waals surface area contributed by atoms with Crippen molar-refractivity contribution in [2.75, 3.05) is 6.54 Å². The van der Waals surface area contributed by atoms with Crippen LogP contribution in [0, 0.1) is 23.6 Å². The van der Waals surface area contributed by atoms with Gasteiger partial charge in [0.15, 0.2) is 0 Å². The van der Waals surface area contributed by atoms with Crippen molar-refractivity contribution in [1.82, 2.24) is 5.32 Å². The summed E-state index contributed by atoms with van der Waals surface area (Å²) in [6.45, 7) is 7.87. The fraction of sp³-hybridized carbons (Fsp3) is 0.684. The molecule has 1 aliphatic rings. The lowest BCUT2D eigenvalue weighted by Crippen LogP contribution is -2.32. The van der Waals surface area contributed by atoms with Crippen LogP contribution in [0.1, 0.15) is 64.5 Å². The van der Waals surface area contributed by atoms with Gasteiger partial charge in [0, 0.05) is 6.04 Å². The van der Waals surface area contributed by atoms with Crippen molar-refractivity contribution >= 4 is 0 Å². The summed E-state index contributed by atoms with van der Waals surface area (Å²) in [6.07, 6.45) is 6.29. The van der Waals surface area contributed by atoms with Crippen molar-refractivity contribution < 1.29 is 4.39 Å². The molecular formula is C19H30FN. The van der Waals surface area contributed by atoms with Crippen LogP contribution in [0.2, 0.25) is 0 Å². The van der Waals surface area contributed by atoms with Gasteiger partial charge in [-0.25, -0.2) is 4.39 Å². The Morgan fingerprint density at radius 1 is 1.14 bits per heavy atom. The Labute approximate surface area is 129 Å². The maximum atomic E-state index is 13.6. The minimum atomic E-state index is -0.119. The topological polar surface area (TPSA) is 12.0 Å². The lowest BCUT2D eigenvalue weighted by molar-refractivity contribution is 0.189. The third-order valence-corrected chi connectivity index (χ3v) is 5.05. The number of nitrogens with one attached hydrogen (secondary N) is 1. The first kappa shape index (κ1) is 16.5. The van der Waals surface area contributed by atoms with Crippen LogP contribution in [0.25, 0.3) is 0 Å². The predicted molar refractivity (Wildman–Crippen MR) is 87.7 cm³/mol. The van der Waals surface area contributed by atoms with Gasteiger partial charge in [-0.05, 0) is 74.1 Å². The van der Waals surface area contributed by atoms with E-state index in [1.54, 1.807) is 6.07 Å². The average Bonchev–Trinajstić information content (AvgIpc) is 2.48. The van der Waals surface area contributed by atoms with E-state index >= 15 is 0 Å². The monoisotopic (exact) mass is 291 g/mol. The van der Waals surface area contributed by atoms with Crippen molar-refractivity contribution in [3.05, 3.63) is 35.6 Å². The zero-order valence-electron chi connectivity index (χ0n) is 13.7. The van der Waals surface area contributed by atoms with Gasteiger partial charge in [0.25, 0.3) is 0 Å². The Morgan fingerprint density at radius 2 is 1.81 bits per heavy atom. The third kappa shape index (κ3) is 4.54. The summed E-state index contributed by atoms with van der Waals surface area (Å²) in [5.41, 5.74) is 1.12. The fourth-order valence-electron chi connectivity index (χ4n) is 3.70. The summed E-state index contributed by atoms with van der Waals surface area (Å²) >= 11 is 0. The van der Waals surface area contributed by atoms with E-state index in [1.807, 2.05) is 6.07 Å². The summed E-state index contributed by atoms with van der Waals surface area (Å²) in [6, 6.07) is 7.47. The second-order valence-corrected chi connectivity index (χ2v) is 6.91. The van der Waals surface area contributed by atoms with Crippen molar-refractivity contribution in [1.29, 1.82) is 0 Å². The molecule has 1 saturated carbocycles. The molecule has 1 atom stereocenters. The predicted octanol–water partition coefficient (Wildman–Crippen LogP) is 5.33. The maximum Gasteiger partial charge on any atom is 0.123 e. The van der Waals surface area contributed by atoms with Crippen LogP contribution in [0.4, 0.5) is 4.39 Å². The first-order valence-electron chi connectivity index (χ1n) is 8.60. The van der Waals surface area contributed by atoms with E-state index in [2.05, 4.69) is 32.2 Å². The third-order valence-electron chi connectivity index (χ3n) is 5.05. The summed E-state index contributed by atoms with van der Waals surface area (Å²) in [7, 11) is 0. The largest absolute Gasteiger partial charge is 0.310 e. The summed E-state index contributed by atoms with van der Waals surface area (Å²) in [5.74, 6) is 2.20.